The molecule has 0 bridgehead atoms. The molecule has 0 saturated carbocycles. The van der Waals surface area contributed by atoms with E-state index in [1.54, 1.807) is 7.11 Å². The highest BCUT2D eigenvalue weighted by atomic mass is 19.1. The van der Waals surface area contributed by atoms with E-state index in [-0.39, 0.29) is 17.2 Å². The predicted molar refractivity (Wildman–Crippen MR) is 68.9 cm³/mol. The number of carbonyl (C=O) groups excluding carboxylic acids is 1. The summed E-state index contributed by atoms with van der Waals surface area (Å²) in [6.45, 7) is 1.28. The van der Waals surface area contributed by atoms with Crippen molar-refractivity contribution in [3.8, 4) is 0 Å². The van der Waals surface area contributed by atoms with Gasteiger partial charge in [-0.3, -0.25) is 4.79 Å². The number of hydrogen-bond acceptors (Lipinski definition) is 3. The molecule has 0 atom stereocenters. The first-order valence-corrected chi connectivity index (χ1v) is 5.98. The number of unbranched alkanes of at least 4 members (excludes halogenated alkanes) is 2. The summed E-state index contributed by atoms with van der Waals surface area (Å²) in [5.41, 5.74) is 5.59. The second-order valence-corrected chi connectivity index (χ2v) is 4.01. The zero-order chi connectivity index (χ0) is 13.4. The van der Waals surface area contributed by atoms with Crippen LogP contribution in [0.2, 0.25) is 0 Å². The molecular formula is C13H19FN2O2. The number of ether oxygens (including phenoxy) is 1. The molecule has 3 N–H and O–H groups in total. The highest BCUT2D eigenvalue weighted by Gasteiger charge is 2.11. The van der Waals surface area contributed by atoms with Gasteiger partial charge in [0.05, 0.1) is 11.3 Å². The second kappa shape index (κ2) is 7.66. The largest absolute Gasteiger partial charge is 0.396 e. The molecule has 1 aromatic carbocycles. The van der Waals surface area contributed by atoms with Crippen molar-refractivity contribution in [3.63, 3.8) is 0 Å². The van der Waals surface area contributed by atoms with E-state index in [0.29, 0.717) is 6.54 Å². The fourth-order valence-corrected chi connectivity index (χ4v) is 1.58. The van der Waals surface area contributed by atoms with E-state index in [1.807, 2.05) is 0 Å². The summed E-state index contributed by atoms with van der Waals surface area (Å²) >= 11 is 0. The number of amides is 1. The number of rotatable bonds is 7. The Labute approximate surface area is 106 Å². The van der Waals surface area contributed by atoms with Crippen LogP contribution in [0.15, 0.2) is 18.2 Å². The molecule has 0 aromatic heterocycles. The van der Waals surface area contributed by atoms with Crippen molar-refractivity contribution in [1.82, 2.24) is 5.32 Å². The van der Waals surface area contributed by atoms with E-state index in [1.165, 1.54) is 18.2 Å². The van der Waals surface area contributed by atoms with E-state index < -0.39 is 5.82 Å². The van der Waals surface area contributed by atoms with Gasteiger partial charge < -0.3 is 15.8 Å². The lowest BCUT2D eigenvalue weighted by Gasteiger charge is -2.07. The smallest absolute Gasteiger partial charge is 0.253 e. The van der Waals surface area contributed by atoms with Crippen molar-refractivity contribution in [1.29, 1.82) is 0 Å². The molecule has 4 nitrogen and oxygen atoms in total. The molecule has 100 valence electrons. The van der Waals surface area contributed by atoms with Crippen LogP contribution in [0.3, 0.4) is 0 Å². The zero-order valence-corrected chi connectivity index (χ0v) is 10.5. The Balaban J connectivity index is 2.35. The first-order valence-electron chi connectivity index (χ1n) is 5.98. The maximum Gasteiger partial charge on any atom is 0.253 e. The van der Waals surface area contributed by atoms with Gasteiger partial charge in [0.25, 0.3) is 5.91 Å². The number of nitrogens with one attached hydrogen (secondary N) is 1. The van der Waals surface area contributed by atoms with Gasteiger partial charge >= 0.3 is 0 Å². The Morgan fingerprint density at radius 1 is 1.39 bits per heavy atom. The Bertz CT molecular complexity index is 397. The minimum absolute atomic E-state index is 0.102. The van der Waals surface area contributed by atoms with Crippen LogP contribution in [0, 0.1) is 5.82 Å². The number of benzene rings is 1. The Kier molecular flexibility index (Phi) is 6.14. The minimum atomic E-state index is -0.567. The summed E-state index contributed by atoms with van der Waals surface area (Å²) < 4.78 is 18.1. The minimum Gasteiger partial charge on any atom is -0.396 e. The third kappa shape index (κ3) is 4.33. The summed E-state index contributed by atoms with van der Waals surface area (Å²) in [4.78, 5) is 11.7. The number of nitrogens with two attached hydrogens (primary N) is 1. The monoisotopic (exact) mass is 254 g/mol. The number of anilines is 1. The maximum atomic E-state index is 13.1. The molecule has 0 fully saturated rings. The molecule has 18 heavy (non-hydrogen) atoms. The molecule has 1 amide bonds. The van der Waals surface area contributed by atoms with Gasteiger partial charge in [0, 0.05) is 20.3 Å². The third-order valence-electron chi connectivity index (χ3n) is 2.61. The summed E-state index contributed by atoms with van der Waals surface area (Å²) in [6, 6.07) is 4.22. The van der Waals surface area contributed by atoms with Crippen LogP contribution in [-0.2, 0) is 4.74 Å². The van der Waals surface area contributed by atoms with Crippen molar-refractivity contribution in [2.45, 2.75) is 19.3 Å². The Morgan fingerprint density at radius 3 is 2.89 bits per heavy atom. The highest BCUT2D eigenvalue weighted by Crippen LogP contribution is 2.15. The first kappa shape index (κ1) is 14.4. The number of hydrogen-bond donors (Lipinski definition) is 2. The maximum absolute atomic E-state index is 13.1. The first-order chi connectivity index (χ1) is 8.66. The number of methoxy groups -OCH3 is 1. The molecule has 1 aromatic rings. The number of halogens is 1. The lowest BCUT2D eigenvalue weighted by Crippen LogP contribution is -2.25. The van der Waals surface area contributed by atoms with Crippen LogP contribution in [0.1, 0.15) is 29.6 Å². The third-order valence-corrected chi connectivity index (χ3v) is 2.61. The quantitative estimate of drug-likeness (QED) is 0.577. The summed E-state index contributed by atoms with van der Waals surface area (Å²) in [6.07, 6.45) is 2.81. The van der Waals surface area contributed by atoms with Crippen molar-refractivity contribution in [2.75, 3.05) is 26.0 Å². The van der Waals surface area contributed by atoms with Crippen LogP contribution in [0.5, 0.6) is 0 Å². The topological polar surface area (TPSA) is 64.3 Å². The molecule has 5 heteroatoms. The fraction of sp³-hybridized carbons (Fsp3) is 0.462. The van der Waals surface area contributed by atoms with Gasteiger partial charge in [-0.2, -0.15) is 0 Å². The lowest BCUT2D eigenvalue weighted by atomic mass is 10.1. The molecular weight excluding hydrogens is 235 g/mol. The standard InChI is InChI=1S/C13H19FN2O2/c1-18-9-4-2-3-8-16-13(17)10-6-5-7-11(14)12(10)15/h5-7H,2-4,8-9,15H2,1H3,(H,16,17). The summed E-state index contributed by atoms with van der Waals surface area (Å²) in [5, 5.41) is 2.72. The molecule has 0 heterocycles. The number of para-hydroxylation sites is 1. The molecule has 0 radical (unpaired) electrons. The molecule has 0 aliphatic rings. The molecule has 1 rings (SSSR count). The van der Waals surface area contributed by atoms with E-state index in [0.717, 1.165) is 25.9 Å². The zero-order valence-electron chi connectivity index (χ0n) is 10.5. The van der Waals surface area contributed by atoms with Crippen LogP contribution in [-0.4, -0.2) is 26.2 Å². The van der Waals surface area contributed by atoms with Gasteiger partial charge in [-0.05, 0) is 31.4 Å². The summed E-state index contributed by atoms with van der Waals surface area (Å²) in [7, 11) is 1.66. The highest BCUT2D eigenvalue weighted by molar-refractivity contribution is 5.99. The molecule has 0 aliphatic heterocycles. The van der Waals surface area contributed by atoms with Crippen molar-refractivity contribution in [2.24, 2.45) is 0 Å². The Hall–Kier alpha value is -1.62. The Morgan fingerprint density at radius 2 is 2.17 bits per heavy atom. The number of carbonyl (C=O) groups is 1. The SMILES string of the molecule is COCCCCCNC(=O)c1cccc(F)c1N. The average Bonchev–Trinajstić information content (AvgIpc) is 2.36. The van der Waals surface area contributed by atoms with Gasteiger partial charge in [0.1, 0.15) is 5.82 Å². The van der Waals surface area contributed by atoms with Gasteiger partial charge in [-0.25, -0.2) is 4.39 Å². The van der Waals surface area contributed by atoms with Crippen LogP contribution >= 0.6 is 0 Å². The van der Waals surface area contributed by atoms with Crippen molar-refractivity contribution >= 4 is 11.6 Å². The lowest BCUT2D eigenvalue weighted by molar-refractivity contribution is 0.0953. The fourth-order valence-electron chi connectivity index (χ4n) is 1.58. The van der Waals surface area contributed by atoms with Crippen LogP contribution in [0.4, 0.5) is 10.1 Å². The number of nitrogen functional groups attached to an aromatic ring is 1. The molecule has 0 aliphatic carbocycles. The molecule has 0 saturated heterocycles. The van der Waals surface area contributed by atoms with Crippen LogP contribution in [0.25, 0.3) is 0 Å². The van der Waals surface area contributed by atoms with E-state index >= 15 is 0 Å². The van der Waals surface area contributed by atoms with E-state index in [2.05, 4.69) is 5.32 Å². The normalized spacial score (nSPS) is 10.3. The van der Waals surface area contributed by atoms with Gasteiger partial charge in [-0.15, -0.1) is 0 Å². The predicted octanol–water partition coefficient (Wildman–Crippen LogP) is 1.95. The average molecular weight is 254 g/mol. The van der Waals surface area contributed by atoms with Gasteiger partial charge in [0.2, 0.25) is 0 Å². The summed E-state index contributed by atoms with van der Waals surface area (Å²) in [5.74, 6) is -0.901. The van der Waals surface area contributed by atoms with E-state index in [4.69, 9.17) is 10.5 Å². The van der Waals surface area contributed by atoms with Gasteiger partial charge in [-0.1, -0.05) is 6.07 Å². The van der Waals surface area contributed by atoms with Crippen molar-refractivity contribution < 1.29 is 13.9 Å². The van der Waals surface area contributed by atoms with Gasteiger partial charge in [0.15, 0.2) is 0 Å². The molecule has 0 unspecified atom stereocenters. The van der Waals surface area contributed by atoms with E-state index in [9.17, 15) is 9.18 Å². The van der Waals surface area contributed by atoms with Crippen molar-refractivity contribution in [3.05, 3.63) is 29.6 Å². The second-order valence-electron chi connectivity index (χ2n) is 4.01. The molecule has 0 spiro atoms. The van der Waals surface area contributed by atoms with Crippen LogP contribution < -0.4 is 11.1 Å².